The van der Waals surface area contributed by atoms with Crippen molar-refractivity contribution in [3.8, 4) is 0 Å². The lowest BCUT2D eigenvalue weighted by atomic mass is 10.5. The van der Waals surface area contributed by atoms with E-state index in [0.29, 0.717) is 6.42 Å². The Bertz CT molecular complexity index is 82.1. The first-order valence-corrected chi connectivity index (χ1v) is 3.61. The van der Waals surface area contributed by atoms with Crippen LogP contribution in [0.1, 0.15) is 13.3 Å². The van der Waals surface area contributed by atoms with E-state index in [1.807, 2.05) is 6.92 Å². The molecule has 0 aliphatic carbocycles. The Kier molecular flexibility index (Phi) is 4.03. The first-order chi connectivity index (χ1) is 3.72. The molecule has 0 amide bonds. The van der Waals surface area contributed by atoms with Gasteiger partial charge in [0.1, 0.15) is 0 Å². The molecular formula is C4H10NO2S-. The van der Waals surface area contributed by atoms with E-state index in [2.05, 4.69) is 5.32 Å². The zero-order chi connectivity index (χ0) is 6.57. The molecule has 0 aromatic heterocycles. The molecule has 0 saturated carbocycles. The van der Waals surface area contributed by atoms with Gasteiger partial charge in [0.05, 0.1) is 5.37 Å². The fraction of sp³-hybridized carbons (Fsp3) is 1.00. The van der Waals surface area contributed by atoms with E-state index in [1.165, 1.54) is 0 Å². The molecule has 8 heavy (non-hydrogen) atoms. The second-order valence-electron chi connectivity index (χ2n) is 1.45. The Balaban J connectivity index is 3.52. The molecule has 0 aromatic carbocycles. The minimum absolute atomic E-state index is 0.380. The minimum atomic E-state index is -1.96. The van der Waals surface area contributed by atoms with Gasteiger partial charge in [0.2, 0.25) is 0 Å². The smallest absolute Gasteiger partial charge is 0.0696 e. The van der Waals surface area contributed by atoms with Gasteiger partial charge in [0, 0.05) is 0 Å². The molecule has 1 N–H and O–H groups in total. The second kappa shape index (κ2) is 4.00. The van der Waals surface area contributed by atoms with Crippen molar-refractivity contribution >= 4 is 11.1 Å². The van der Waals surface area contributed by atoms with Crippen molar-refractivity contribution < 1.29 is 8.76 Å². The monoisotopic (exact) mass is 136 g/mol. The molecule has 50 valence electrons. The van der Waals surface area contributed by atoms with Gasteiger partial charge in [-0.2, -0.15) is 0 Å². The third-order valence-corrected chi connectivity index (χ3v) is 1.96. The lowest BCUT2D eigenvalue weighted by molar-refractivity contribution is 0.506. The summed E-state index contributed by atoms with van der Waals surface area (Å²) >= 11 is -1.96. The summed E-state index contributed by atoms with van der Waals surface area (Å²) in [5, 5.41) is 2.26. The molecule has 0 aliphatic rings. The van der Waals surface area contributed by atoms with Gasteiger partial charge in [-0.15, -0.1) is 0 Å². The average Bonchev–Trinajstić information content (AvgIpc) is 1.69. The Morgan fingerprint density at radius 3 is 2.38 bits per heavy atom. The van der Waals surface area contributed by atoms with Gasteiger partial charge in [0.15, 0.2) is 0 Å². The Labute approximate surface area is 51.8 Å². The van der Waals surface area contributed by atoms with Gasteiger partial charge < -0.3 is 9.87 Å². The number of nitrogens with one attached hydrogen (secondary N) is 1. The van der Waals surface area contributed by atoms with Crippen LogP contribution in [0.15, 0.2) is 0 Å². The van der Waals surface area contributed by atoms with Crippen LogP contribution < -0.4 is 5.32 Å². The lowest BCUT2D eigenvalue weighted by Crippen LogP contribution is -2.28. The van der Waals surface area contributed by atoms with Crippen LogP contribution in [0.25, 0.3) is 0 Å². The Morgan fingerprint density at radius 2 is 2.38 bits per heavy atom. The maximum absolute atomic E-state index is 10.1. The van der Waals surface area contributed by atoms with Gasteiger partial charge in [-0.1, -0.05) is 6.92 Å². The molecule has 3 nitrogen and oxygen atoms in total. The lowest BCUT2D eigenvalue weighted by Gasteiger charge is -2.15. The fourth-order valence-electron chi connectivity index (χ4n) is 0.436. The normalized spacial score (nSPS) is 17.9. The highest BCUT2D eigenvalue weighted by Crippen LogP contribution is 1.91. The average molecular weight is 136 g/mol. The zero-order valence-corrected chi connectivity index (χ0v) is 5.83. The third-order valence-electron chi connectivity index (χ3n) is 0.925. The van der Waals surface area contributed by atoms with Crippen molar-refractivity contribution in [3.63, 3.8) is 0 Å². The van der Waals surface area contributed by atoms with Crippen LogP contribution in [0.5, 0.6) is 0 Å². The number of hydrogen-bond donors (Lipinski definition) is 1. The highest BCUT2D eigenvalue weighted by molar-refractivity contribution is 7.79. The Hall–Kier alpha value is 0.0700. The fourth-order valence-corrected chi connectivity index (χ4v) is 0.901. The van der Waals surface area contributed by atoms with E-state index in [1.54, 1.807) is 7.05 Å². The van der Waals surface area contributed by atoms with E-state index in [4.69, 9.17) is 0 Å². The predicted octanol–water partition coefficient (Wildman–Crippen LogP) is -0.179. The van der Waals surface area contributed by atoms with Crippen LogP contribution in [0.2, 0.25) is 0 Å². The van der Waals surface area contributed by atoms with Gasteiger partial charge in [-0.25, -0.2) is 0 Å². The zero-order valence-electron chi connectivity index (χ0n) is 5.01. The van der Waals surface area contributed by atoms with E-state index in [0.717, 1.165) is 0 Å². The summed E-state index contributed by atoms with van der Waals surface area (Å²) in [4.78, 5) is 0. The summed E-state index contributed by atoms with van der Waals surface area (Å²) in [6.45, 7) is 1.82. The van der Waals surface area contributed by atoms with Crippen molar-refractivity contribution in [2.24, 2.45) is 0 Å². The molecule has 0 heterocycles. The quantitative estimate of drug-likeness (QED) is 0.548. The number of rotatable bonds is 3. The molecular weight excluding hydrogens is 126 g/mol. The van der Waals surface area contributed by atoms with Crippen LogP contribution in [-0.4, -0.2) is 21.2 Å². The van der Waals surface area contributed by atoms with Gasteiger partial charge >= 0.3 is 0 Å². The largest absolute Gasteiger partial charge is 0.771 e. The molecule has 0 bridgehead atoms. The minimum Gasteiger partial charge on any atom is -0.771 e. The summed E-state index contributed by atoms with van der Waals surface area (Å²) in [6.07, 6.45) is 0.618. The number of hydrogen-bond acceptors (Lipinski definition) is 3. The van der Waals surface area contributed by atoms with Crippen molar-refractivity contribution in [3.05, 3.63) is 0 Å². The molecule has 2 atom stereocenters. The molecule has 4 heteroatoms. The van der Waals surface area contributed by atoms with Crippen LogP contribution in [0, 0.1) is 0 Å². The summed E-state index contributed by atoms with van der Waals surface area (Å²) in [7, 11) is 1.63. The highest BCUT2D eigenvalue weighted by atomic mass is 32.2. The second-order valence-corrected chi connectivity index (χ2v) is 2.54. The van der Waals surface area contributed by atoms with E-state index in [-0.39, 0.29) is 5.37 Å². The first kappa shape index (κ1) is 8.07. The summed E-state index contributed by atoms with van der Waals surface area (Å²) in [5.74, 6) is 0. The van der Waals surface area contributed by atoms with Gasteiger partial charge in [-0.3, -0.25) is 4.21 Å². The summed E-state index contributed by atoms with van der Waals surface area (Å²) < 4.78 is 20.2. The van der Waals surface area contributed by atoms with Crippen molar-refractivity contribution in [2.45, 2.75) is 18.7 Å². The van der Waals surface area contributed by atoms with Gasteiger partial charge in [0.25, 0.3) is 0 Å². The molecule has 0 aromatic rings. The summed E-state index contributed by atoms with van der Waals surface area (Å²) in [6, 6.07) is 0. The molecule has 0 fully saturated rings. The molecule has 0 radical (unpaired) electrons. The third kappa shape index (κ3) is 2.40. The van der Waals surface area contributed by atoms with E-state index in [9.17, 15) is 8.76 Å². The molecule has 0 saturated heterocycles. The van der Waals surface area contributed by atoms with Crippen LogP contribution in [0.4, 0.5) is 0 Å². The first-order valence-electron chi connectivity index (χ1n) is 2.47. The molecule has 2 unspecified atom stereocenters. The molecule has 0 spiro atoms. The maximum Gasteiger partial charge on any atom is 0.0696 e. The Morgan fingerprint density at radius 1 is 1.88 bits per heavy atom. The van der Waals surface area contributed by atoms with Crippen molar-refractivity contribution in [1.29, 1.82) is 0 Å². The van der Waals surface area contributed by atoms with Crippen molar-refractivity contribution in [2.75, 3.05) is 7.05 Å². The predicted molar refractivity (Wildman–Crippen MR) is 32.1 cm³/mol. The van der Waals surface area contributed by atoms with Crippen LogP contribution >= 0.6 is 0 Å². The maximum atomic E-state index is 10.1. The van der Waals surface area contributed by atoms with E-state index >= 15 is 0 Å². The van der Waals surface area contributed by atoms with E-state index < -0.39 is 11.1 Å². The molecule has 0 aliphatic heterocycles. The topological polar surface area (TPSA) is 52.2 Å². The van der Waals surface area contributed by atoms with Gasteiger partial charge in [-0.05, 0) is 24.5 Å². The highest BCUT2D eigenvalue weighted by Gasteiger charge is 1.99. The molecule has 0 rings (SSSR count). The standard InChI is InChI=1S/C4H11NO2S/c1-3-4(5-2)8(6)7/h4-5H,3H2,1-2H3,(H,6,7)/p-1. The van der Waals surface area contributed by atoms with Crippen LogP contribution in [-0.2, 0) is 11.1 Å². The summed E-state index contributed by atoms with van der Waals surface area (Å²) in [5.41, 5.74) is 0. The SMILES string of the molecule is CCC(NC)S(=O)[O-]. The van der Waals surface area contributed by atoms with Crippen molar-refractivity contribution in [1.82, 2.24) is 5.32 Å². The van der Waals surface area contributed by atoms with Crippen LogP contribution in [0.3, 0.4) is 0 Å².